The number of benzene rings is 2. The molecule has 2 aromatic carbocycles. The van der Waals surface area contributed by atoms with Crippen molar-refractivity contribution in [1.82, 2.24) is 9.91 Å². The normalized spacial score (nSPS) is 16.4. The van der Waals surface area contributed by atoms with Crippen LogP contribution in [0.4, 0.5) is 0 Å². The highest BCUT2D eigenvalue weighted by Gasteiger charge is 2.34. The summed E-state index contributed by atoms with van der Waals surface area (Å²) in [4.78, 5) is 2.76. The van der Waals surface area contributed by atoms with Crippen LogP contribution < -0.4 is 9.47 Å². The van der Waals surface area contributed by atoms with Crippen molar-refractivity contribution < 1.29 is 13.7 Å². The number of methoxy groups -OCH3 is 2. The third-order valence-electron chi connectivity index (χ3n) is 4.49. The highest BCUT2D eigenvalue weighted by Crippen LogP contribution is 2.43. The van der Waals surface area contributed by atoms with E-state index in [1.54, 1.807) is 25.6 Å². The molecule has 0 saturated carbocycles. The van der Waals surface area contributed by atoms with E-state index in [-0.39, 0.29) is 0 Å². The first kappa shape index (κ1) is 16.7. The summed E-state index contributed by atoms with van der Waals surface area (Å²) in [5, 5.41) is 6.73. The molecular weight excluding hydrogens is 350 g/mol. The fourth-order valence-corrected chi connectivity index (χ4v) is 4.55. The van der Waals surface area contributed by atoms with Crippen molar-refractivity contribution in [1.29, 1.82) is 0 Å². The standard InChI is InChI=1S/C19H19N3O3S/c1-21-19(26(23)14-7-5-4-6-8-14)18-15-10-17(25-3)16(24-2)9-13(15)11-22(18)12-20-21/h4-10,12H,11H2,1-3H3. The number of rotatable bonds is 4. The van der Waals surface area contributed by atoms with Crippen LogP contribution >= 0.6 is 0 Å². The molecule has 0 spiro atoms. The predicted molar refractivity (Wildman–Crippen MR) is 101 cm³/mol. The summed E-state index contributed by atoms with van der Waals surface area (Å²) in [6.07, 6.45) is 1.76. The maximum atomic E-state index is 13.3. The summed E-state index contributed by atoms with van der Waals surface area (Å²) >= 11 is 0. The van der Waals surface area contributed by atoms with Gasteiger partial charge in [0.1, 0.15) is 17.1 Å². The summed E-state index contributed by atoms with van der Waals surface area (Å²) in [5.41, 5.74) is 2.96. The molecule has 7 heteroatoms. The molecule has 26 heavy (non-hydrogen) atoms. The van der Waals surface area contributed by atoms with Gasteiger partial charge in [0.05, 0.1) is 19.9 Å². The van der Waals surface area contributed by atoms with E-state index in [0.717, 1.165) is 21.7 Å². The third kappa shape index (κ3) is 2.55. The van der Waals surface area contributed by atoms with Gasteiger partial charge in [0, 0.05) is 24.1 Å². The molecule has 2 aliphatic rings. The fourth-order valence-electron chi connectivity index (χ4n) is 3.24. The van der Waals surface area contributed by atoms with Crippen molar-refractivity contribution >= 4 is 22.8 Å². The van der Waals surface area contributed by atoms with Gasteiger partial charge in [-0.2, -0.15) is 5.10 Å². The van der Waals surface area contributed by atoms with E-state index in [9.17, 15) is 4.21 Å². The van der Waals surface area contributed by atoms with Gasteiger partial charge < -0.3 is 14.4 Å². The largest absolute Gasteiger partial charge is 0.493 e. The van der Waals surface area contributed by atoms with Gasteiger partial charge in [0.25, 0.3) is 0 Å². The summed E-state index contributed by atoms with van der Waals surface area (Å²) in [6.45, 7) is 0.651. The van der Waals surface area contributed by atoms with Crippen LogP contribution in [-0.2, 0) is 17.3 Å². The molecule has 0 N–H and O–H groups in total. The fraction of sp³-hybridized carbons (Fsp3) is 0.211. The number of nitrogens with zero attached hydrogens (tertiary/aromatic N) is 3. The Morgan fingerprint density at radius 3 is 2.46 bits per heavy atom. The molecule has 134 valence electrons. The van der Waals surface area contributed by atoms with Crippen LogP contribution in [0.15, 0.2) is 57.5 Å². The molecule has 1 unspecified atom stereocenters. The van der Waals surface area contributed by atoms with Crippen LogP contribution in [0.25, 0.3) is 5.70 Å². The van der Waals surface area contributed by atoms with Gasteiger partial charge in [0.15, 0.2) is 16.5 Å². The topological polar surface area (TPSA) is 54.4 Å². The van der Waals surface area contributed by atoms with Gasteiger partial charge in [-0.05, 0) is 29.8 Å². The maximum absolute atomic E-state index is 13.3. The van der Waals surface area contributed by atoms with E-state index in [1.165, 1.54) is 0 Å². The number of hydrogen-bond acceptors (Lipinski definition) is 6. The van der Waals surface area contributed by atoms with Gasteiger partial charge in [-0.15, -0.1) is 0 Å². The summed E-state index contributed by atoms with van der Waals surface area (Å²) < 4.78 is 24.2. The van der Waals surface area contributed by atoms with Crippen molar-refractivity contribution in [2.24, 2.45) is 5.10 Å². The molecule has 1 atom stereocenters. The van der Waals surface area contributed by atoms with Crippen molar-refractivity contribution in [3.63, 3.8) is 0 Å². The average molecular weight is 369 g/mol. The average Bonchev–Trinajstić information content (AvgIpc) is 3.04. The molecule has 0 bridgehead atoms. The molecule has 0 aliphatic carbocycles. The van der Waals surface area contributed by atoms with Crippen molar-refractivity contribution in [3.8, 4) is 11.5 Å². The second kappa shape index (κ2) is 6.49. The smallest absolute Gasteiger partial charge is 0.161 e. The Hall–Kier alpha value is -2.80. The van der Waals surface area contributed by atoms with Crippen molar-refractivity contribution in [3.05, 3.63) is 58.6 Å². The predicted octanol–water partition coefficient (Wildman–Crippen LogP) is 2.84. The third-order valence-corrected chi connectivity index (χ3v) is 6.00. The Bertz CT molecular complexity index is 941. The Labute approximate surface area is 154 Å². The van der Waals surface area contributed by atoms with Crippen LogP contribution in [0.1, 0.15) is 11.1 Å². The van der Waals surface area contributed by atoms with Crippen molar-refractivity contribution in [2.45, 2.75) is 11.4 Å². The van der Waals surface area contributed by atoms with E-state index < -0.39 is 10.8 Å². The van der Waals surface area contributed by atoms with Gasteiger partial charge in [-0.25, -0.2) is 4.21 Å². The minimum Gasteiger partial charge on any atom is -0.493 e. The molecule has 2 heterocycles. The van der Waals surface area contributed by atoms with Crippen LogP contribution in [0.5, 0.6) is 11.5 Å². The summed E-state index contributed by atoms with van der Waals surface area (Å²) in [6, 6.07) is 13.3. The van der Waals surface area contributed by atoms with Crippen LogP contribution in [-0.4, -0.2) is 41.7 Å². The summed E-state index contributed by atoms with van der Waals surface area (Å²) in [7, 11) is 3.70. The number of hydrogen-bond donors (Lipinski definition) is 0. The first-order valence-corrected chi connectivity index (χ1v) is 9.30. The van der Waals surface area contributed by atoms with E-state index in [4.69, 9.17) is 9.47 Å². The lowest BCUT2D eigenvalue weighted by Gasteiger charge is -2.28. The van der Waals surface area contributed by atoms with E-state index >= 15 is 0 Å². The second-order valence-electron chi connectivity index (χ2n) is 5.98. The first-order valence-electron chi connectivity index (χ1n) is 8.15. The number of fused-ring (bicyclic) bond motifs is 3. The lowest BCUT2D eigenvalue weighted by molar-refractivity contribution is 0.354. The second-order valence-corrected chi connectivity index (χ2v) is 7.38. The Balaban J connectivity index is 1.90. The van der Waals surface area contributed by atoms with Gasteiger partial charge in [-0.3, -0.25) is 5.01 Å². The first-order chi connectivity index (χ1) is 12.6. The highest BCUT2D eigenvalue weighted by atomic mass is 32.2. The Kier molecular flexibility index (Phi) is 4.16. The SMILES string of the molecule is COc1cc2c(cc1OC)C1=C(S(=O)c3ccccc3)N(C)N=CN1C2. The zero-order chi connectivity index (χ0) is 18.3. The molecule has 4 rings (SSSR count). The molecule has 0 aromatic heterocycles. The molecule has 6 nitrogen and oxygen atoms in total. The zero-order valence-corrected chi connectivity index (χ0v) is 15.6. The lowest BCUT2D eigenvalue weighted by atomic mass is 10.1. The van der Waals surface area contributed by atoms with Gasteiger partial charge >= 0.3 is 0 Å². The molecule has 2 aliphatic heterocycles. The quantitative estimate of drug-likeness (QED) is 0.830. The Morgan fingerprint density at radius 1 is 1.08 bits per heavy atom. The van der Waals surface area contributed by atoms with Crippen LogP contribution in [0, 0.1) is 0 Å². The molecule has 0 radical (unpaired) electrons. The maximum Gasteiger partial charge on any atom is 0.161 e. The van der Waals surface area contributed by atoms with E-state index in [2.05, 4.69) is 5.10 Å². The van der Waals surface area contributed by atoms with Gasteiger partial charge in [-0.1, -0.05) is 18.2 Å². The molecule has 0 saturated heterocycles. The zero-order valence-electron chi connectivity index (χ0n) is 14.8. The highest BCUT2D eigenvalue weighted by molar-refractivity contribution is 7.89. The van der Waals surface area contributed by atoms with Crippen LogP contribution in [0.3, 0.4) is 0 Å². The van der Waals surface area contributed by atoms with E-state index in [1.807, 2.05) is 54.4 Å². The van der Waals surface area contributed by atoms with Crippen LogP contribution in [0.2, 0.25) is 0 Å². The van der Waals surface area contributed by atoms with E-state index in [0.29, 0.717) is 23.1 Å². The van der Waals surface area contributed by atoms with Crippen molar-refractivity contribution in [2.75, 3.05) is 21.3 Å². The minimum atomic E-state index is -1.36. The minimum absolute atomic E-state index is 0.649. The molecule has 0 amide bonds. The summed E-state index contributed by atoms with van der Waals surface area (Å²) in [5.74, 6) is 1.33. The molecular formula is C19H19N3O3S. The number of ether oxygens (including phenoxy) is 2. The lowest BCUT2D eigenvalue weighted by Crippen LogP contribution is -2.28. The van der Waals surface area contributed by atoms with Gasteiger partial charge in [0.2, 0.25) is 0 Å². The molecule has 0 fully saturated rings. The number of hydrazone groups is 1. The molecule has 2 aromatic rings. The Morgan fingerprint density at radius 2 is 1.77 bits per heavy atom. The monoisotopic (exact) mass is 369 g/mol.